The zero-order valence-electron chi connectivity index (χ0n) is 7.88. The monoisotopic (exact) mass is 170 g/mol. The lowest BCUT2D eigenvalue weighted by Gasteiger charge is -2.35. The van der Waals surface area contributed by atoms with E-state index >= 15 is 0 Å². The van der Waals surface area contributed by atoms with Crippen LogP contribution in [-0.4, -0.2) is 11.8 Å². The second-order valence-corrected chi connectivity index (χ2v) is 3.53. The van der Waals surface area contributed by atoms with Crippen LogP contribution in [0.3, 0.4) is 0 Å². The highest BCUT2D eigenvalue weighted by atomic mass is 16.7. The van der Waals surface area contributed by atoms with E-state index in [2.05, 4.69) is 4.74 Å². The van der Waals surface area contributed by atoms with Gasteiger partial charge in [-0.3, -0.25) is 0 Å². The van der Waals surface area contributed by atoms with Crippen molar-refractivity contribution in [3.8, 4) is 0 Å². The summed E-state index contributed by atoms with van der Waals surface area (Å²) in [6.07, 6.45) is 0.850. The Kier molecular flexibility index (Phi) is 2.13. The number of carbonyl (C=O) groups is 1. The molecule has 0 saturated carbocycles. The van der Waals surface area contributed by atoms with E-state index in [1.165, 1.54) is 6.26 Å². The zero-order chi connectivity index (χ0) is 9.35. The van der Waals surface area contributed by atoms with Crippen LogP contribution in [0.4, 0.5) is 4.79 Å². The van der Waals surface area contributed by atoms with Gasteiger partial charge in [-0.15, -0.1) is 0 Å². The fourth-order valence-electron chi connectivity index (χ4n) is 1.10. The Balaban J connectivity index is 2.95. The van der Waals surface area contributed by atoms with E-state index in [-0.39, 0.29) is 5.92 Å². The minimum absolute atomic E-state index is 0.251. The summed E-state index contributed by atoms with van der Waals surface area (Å²) in [5.41, 5.74) is 0.437. The van der Waals surface area contributed by atoms with Crippen molar-refractivity contribution in [3.63, 3.8) is 0 Å². The van der Waals surface area contributed by atoms with Gasteiger partial charge in [0.1, 0.15) is 11.9 Å². The normalized spacial score (nSPS) is 29.4. The smallest absolute Gasteiger partial charge is 0.423 e. The molecule has 0 amide bonds. The summed E-state index contributed by atoms with van der Waals surface area (Å²) >= 11 is 0. The standard InChI is InChI=1S/C9H14O3/c1-6(2)9(4)7(3)5-11-8(10)12-9/h5-6H,1-4H3. The van der Waals surface area contributed by atoms with Crippen molar-refractivity contribution in [1.82, 2.24) is 0 Å². The number of carbonyl (C=O) groups excluding carboxylic acids is 1. The Morgan fingerprint density at radius 2 is 2.08 bits per heavy atom. The first kappa shape index (κ1) is 9.10. The van der Waals surface area contributed by atoms with Gasteiger partial charge >= 0.3 is 6.16 Å². The Morgan fingerprint density at radius 3 is 2.50 bits per heavy atom. The predicted octanol–water partition coefficient (Wildman–Crippen LogP) is 2.47. The van der Waals surface area contributed by atoms with Gasteiger partial charge in [-0.25, -0.2) is 4.79 Å². The van der Waals surface area contributed by atoms with E-state index in [9.17, 15) is 4.79 Å². The molecule has 0 N–H and O–H groups in total. The predicted molar refractivity (Wildman–Crippen MR) is 44.6 cm³/mol. The van der Waals surface area contributed by atoms with Gasteiger partial charge in [0.05, 0.1) is 0 Å². The van der Waals surface area contributed by atoms with Gasteiger partial charge in [0.2, 0.25) is 0 Å². The van der Waals surface area contributed by atoms with Crippen LogP contribution in [0.2, 0.25) is 0 Å². The number of hydrogen-bond donors (Lipinski definition) is 0. The summed E-state index contributed by atoms with van der Waals surface area (Å²) in [5, 5.41) is 0. The van der Waals surface area contributed by atoms with Gasteiger partial charge in [-0.05, 0) is 19.8 Å². The van der Waals surface area contributed by atoms with E-state index in [1.807, 2.05) is 27.7 Å². The van der Waals surface area contributed by atoms with E-state index in [0.717, 1.165) is 5.57 Å². The molecule has 1 unspecified atom stereocenters. The zero-order valence-corrected chi connectivity index (χ0v) is 7.88. The highest BCUT2D eigenvalue weighted by Gasteiger charge is 2.38. The molecule has 1 atom stereocenters. The van der Waals surface area contributed by atoms with E-state index in [4.69, 9.17) is 4.74 Å². The summed E-state index contributed by atoms with van der Waals surface area (Å²) in [5.74, 6) is 0.251. The average molecular weight is 170 g/mol. The van der Waals surface area contributed by atoms with Crippen molar-refractivity contribution < 1.29 is 14.3 Å². The summed E-state index contributed by atoms with van der Waals surface area (Å²) in [4.78, 5) is 10.8. The van der Waals surface area contributed by atoms with Crippen LogP contribution in [-0.2, 0) is 9.47 Å². The summed E-state index contributed by atoms with van der Waals surface area (Å²) in [6.45, 7) is 7.81. The van der Waals surface area contributed by atoms with E-state index in [0.29, 0.717) is 0 Å². The maximum atomic E-state index is 10.8. The number of cyclic esters (lactones) is 2. The molecule has 0 aliphatic carbocycles. The quantitative estimate of drug-likeness (QED) is 0.567. The largest absolute Gasteiger partial charge is 0.514 e. The van der Waals surface area contributed by atoms with Crippen molar-refractivity contribution in [2.75, 3.05) is 0 Å². The first-order valence-corrected chi connectivity index (χ1v) is 4.03. The molecular formula is C9H14O3. The molecule has 3 nitrogen and oxygen atoms in total. The molecule has 1 aliphatic heterocycles. The molecule has 1 heterocycles. The van der Waals surface area contributed by atoms with Crippen LogP contribution in [0.5, 0.6) is 0 Å². The maximum absolute atomic E-state index is 10.8. The molecule has 0 aromatic heterocycles. The third kappa shape index (κ3) is 1.31. The van der Waals surface area contributed by atoms with Crippen molar-refractivity contribution in [3.05, 3.63) is 11.8 Å². The van der Waals surface area contributed by atoms with Gasteiger partial charge in [-0.1, -0.05) is 13.8 Å². The topological polar surface area (TPSA) is 35.5 Å². The van der Waals surface area contributed by atoms with Crippen LogP contribution in [0, 0.1) is 5.92 Å². The molecule has 0 spiro atoms. The Labute approximate surface area is 72.4 Å². The van der Waals surface area contributed by atoms with Crippen molar-refractivity contribution >= 4 is 6.16 Å². The van der Waals surface area contributed by atoms with E-state index < -0.39 is 11.8 Å². The minimum atomic E-state index is -0.614. The summed E-state index contributed by atoms with van der Waals surface area (Å²) < 4.78 is 9.73. The first-order valence-electron chi connectivity index (χ1n) is 4.03. The minimum Gasteiger partial charge on any atom is -0.423 e. The molecule has 0 fully saturated rings. The molecule has 3 heteroatoms. The molecular weight excluding hydrogens is 156 g/mol. The molecule has 1 rings (SSSR count). The first-order chi connectivity index (χ1) is 5.47. The second kappa shape index (κ2) is 2.81. The maximum Gasteiger partial charge on any atom is 0.514 e. The van der Waals surface area contributed by atoms with Crippen molar-refractivity contribution in [2.45, 2.75) is 33.3 Å². The summed E-state index contributed by atoms with van der Waals surface area (Å²) in [7, 11) is 0. The summed E-state index contributed by atoms with van der Waals surface area (Å²) in [6, 6.07) is 0. The van der Waals surface area contributed by atoms with Gasteiger partial charge in [0.15, 0.2) is 0 Å². The van der Waals surface area contributed by atoms with Crippen molar-refractivity contribution in [2.24, 2.45) is 5.92 Å². The lowest BCUT2D eigenvalue weighted by molar-refractivity contribution is -0.0320. The number of rotatable bonds is 1. The molecule has 12 heavy (non-hydrogen) atoms. The van der Waals surface area contributed by atoms with Crippen molar-refractivity contribution in [1.29, 1.82) is 0 Å². The fourth-order valence-corrected chi connectivity index (χ4v) is 1.10. The Hall–Kier alpha value is -0.990. The SMILES string of the molecule is CC1=COC(=O)OC1(C)C(C)C. The van der Waals surface area contributed by atoms with Gasteiger partial charge in [0.25, 0.3) is 0 Å². The number of hydrogen-bond acceptors (Lipinski definition) is 3. The van der Waals surface area contributed by atoms with Crippen LogP contribution in [0.15, 0.2) is 11.8 Å². The average Bonchev–Trinajstić information content (AvgIpc) is 1.97. The van der Waals surface area contributed by atoms with Gasteiger partial charge < -0.3 is 9.47 Å². The molecule has 0 aromatic carbocycles. The van der Waals surface area contributed by atoms with E-state index in [1.54, 1.807) is 0 Å². The molecule has 1 aliphatic rings. The van der Waals surface area contributed by atoms with Gasteiger partial charge in [-0.2, -0.15) is 0 Å². The molecule has 0 radical (unpaired) electrons. The van der Waals surface area contributed by atoms with Gasteiger partial charge in [0, 0.05) is 5.57 Å². The van der Waals surface area contributed by atoms with Crippen LogP contribution >= 0.6 is 0 Å². The fraction of sp³-hybridized carbons (Fsp3) is 0.667. The lowest BCUT2D eigenvalue weighted by Crippen LogP contribution is -2.41. The lowest BCUT2D eigenvalue weighted by atomic mass is 9.86. The number of ether oxygens (including phenoxy) is 2. The second-order valence-electron chi connectivity index (χ2n) is 3.53. The Morgan fingerprint density at radius 1 is 1.50 bits per heavy atom. The molecule has 0 saturated heterocycles. The molecule has 0 bridgehead atoms. The Bertz CT molecular complexity index is 230. The molecule has 0 aromatic rings. The third-order valence-corrected chi connectivity index (χ3v) is 2.51. The highest BCUT2D eigenvalue weighted by molar-refractivity contribution is 5.63. The van der Waals surface area contributed by atoms with Crippen LogP contribution in [0.1, 0.15) is 27.7 Å². The van der Waals surface area contributed by atoms with Crippen LogP contribution < -0.4 is 0 Å². The van der Waals surface area contributed by atoms with Crippen LogP contribution in [0.25, 0.3) is 0 Å². The highest BCUT2D eigenvalue weighted by Crippen LogP contribution is 2.32. The molecule has 68 valence electrons. The third-order valence-electron chi connectivity index (χ3n) is 2.51.